The van der Waals surface area contributed by atoms with Crippen LogP contribution in [0.15, 0.2) is 59.2 Å². The van der Waals surface area contributed by atoms with Crippen LogP contribution >= 0.6 is 0 Å². The van der Waals surface area contributed by atoms with Gasteiger partial charge in [-0.15, -0.1) is 0 Å². The molecule has 0 aliphatic rings. The van der Waals surface area contributed by atoms with E-state index < -0.39 is 0 Å². The first-order valence-corrected chi connectivity index (χ1v) is 7.90. The van der Waals surface area contributed by atoms with Crippen molar-refractivity contribution in [2.24, 2.45) is 0 Å². The molecule has 0 radical (unpaired) electrons. The first kappa shape index (κ1) is 16.6. The maximum atomic E-state index is 12.2. The van der Waals surface area contributed by atoms with Gasteiger partial charge in [0.15, 0.2) is 0 Å². The second-order valence-electron chi connectivity index (χ2n) is 5.79. The van der Waals surface area contributed by atoms with Gasteiger partial charge in [0.05, 0.1) is 11.7 Å². The number of oxazole rings is 1. The minimum Gasteiger partial charge on any atom is -0.508 e. The van der Waals surface area contributed by atoms with Crippen molar-refractivity contribution < 1.29 is 14.3 Å². The number of aryl methyl sites for hydroxylation is 1. The summed E-state index contributed by atoms with van der Waals surface area (Å²) < 4.78 is 5.38. The molecule has 128 valence electrons. The quantitative estimate of drug-likeness (QED) is 0.664. The largest absolute Gasteiger partial charge is 0.508 e. The molecule has 1 heterocycles. The number of urea groups is 1. The Bertz CT molecular complexity index is 889. The van der Waals surface area contributed by atoms with Crippen LogP contribution < -0.4 is 10.6 Å². The third-order valence-electron chi connectivity index (χ3n) is 3.70. The highest BCUT2D eigenvalue weighted by molar-refractivity contribution is 5.90. The molecule has 0 spiro atoms. The summed E-state index contributed by atoms with van der Waals surface area (Å²) in [7, 11) is 0. The van der Waals surface area contributed by atoms with Crippen LogP contribution in [-0.2, 0) is 0 Å². The Labute approximate surface area is 145 Å². The average Bonchev–Trinajstić information content (AvgIpc) is 3.01. The number of rotatable bonds is 4. The monoisotopic (exact) mass is 337 g/mol. The van der Waals surface area contributed by atoms with E-state index in [1.165, 1.54) is 0 Å². The first-order valence-electron chi connectivity index (χ1n) is 7.90. The van der Waals surface area contributed by atoms with E-state index in [0.29, 0.717) is 11.6 Å². The van der Waals surface area contributed by atoms with Crippen molar-refractivity contribution >= 4 is 11.7 Å². The predicted octanol–water partition coefficient (Wildman–Crippen LogP) is 4.24. The lowest BCUT2D eigenvalue weighted by molar-refractivity contribution is 0.249. The molecular formula is C19H19N3O3. The van der Waals surface area contributed by atoms with Crippen LogP contribution in [0.1, 0.15) is 24.2 Å². The lowest BCUT2D eigenvalue weighted by atomic mass is 10.1. The zero-order valence-electron chi connectivity index (χ0n) is 14.0. The maximum absolute atomic E-state index is 12.2. The number of hydrogen-bond acceptors (Lipinski definition) is 4. The Kier molecular flexibility index (Phi) is 4.70. The van der Waals surface area contributed by atoms with Gasteiger partial charge in [-0.1, -0.05) is 18.2 Å². The number of phenols is 1. The fourth-order valence-corrected chi connectivity index (χ4v) is 2.46. The Morgan fingerprint density at radius 2 is 2.00 bits per heavy atom. The highest BCUT2D eigenvalue weighted by atomic mass is 16.3. The zero-order valence-corrected chi connectivity index (χ0v) is 14.0. The molecule has 6 heteroatoms. The van der Waals surface area contributed by atoms with Crippen molar-refractivity contribution in [1.82, 2.24) is 10.3 Å². The number of aromatic hydroxyl groups is 1. The van der Waals surface area contributed by atoms with Gasteiger partial charge < -0.3 is 20.2 Å². The van der Waals surface area contributed by atoms with Gasteiger partial charge in [-0.05, 0) is 49.7 Å². The normalized spacial score (nSPS) is 11.8. The number of nitrogens with zero attached hydrogens (tertiary/aromatic N) is 1. The van der Waals surface area contributed by atoms with Crippen molar-refractivity contribution in [3.63, 3.8) is 0 Å². The summed E-state index contributed by atoms with van der Waals surface area (Å²) in [6.07, 6.45) is 1.58. The summed E-state index contributed by atoms with van der Waals surface area (Å²) >= 11 is 0. The van der Waals surface area contributed by atoms with Crippen molar-refractivity contribution in [2.75, 3.05) is 5.32 Å². The number of phenolic OH excluding ortho intramolecular Hbond substituents is 1. The molecular weight excluding hydrogens is 318 g/mol. The van der Waals surface area contributed by atoms with Crippen molar-refractivity contribution in [3.05, 3.63) is 66.1 Å². The summed E-state index contributed by atoms with van der Waals surface area (Å²) in [4.78, 5) is 16.5. The molecule has 2 amide bonds. The van der Waals surface area contributed by atoms with E-state index in [4.69, 9.17) is 4.42 Å². The zero-order chi connectivity index (χ0) is 17.8. The highest BCUT2D eigenvalue weighted by Crippen LogP contribution is 2.22. The predicted molar refractivity (Wildman–Crippen MR) is 95.4 cm³/mol. The number of hydrogen-bond donors (Lipinski definition) is 3. The lowest BCUT2D eigenvalue weighted by Gasteiger charge is -2.15. The summed E-state index contributed by atoms with van der Waals surface area (Å²) in [6, 6.07) is 13.5. The fraction of sp³-hybridized carbons (Fsp3) is 0.158. The third-order valence-corrected chi connectivity index (χ3v) is 3.70. The summed E-state index contributed by atoms with van der Waals surface area (Å²) in [5.74, 6) is 0.676. The first-order chi connectivity index (χ1) is 12.0. The molecule has 0 saturated carbocycles. The number of amides is 2. The van der Waals surface area contributed by atoms with Gasteiger partial charge in [0.25, 0.3) is 0 Å². The number of nitrogens with one attached hydrogen (secondary N) is 2. The van der Waals surface area contributed by atoms with Gasteiger partial charge in [0.2, 0.25) is 5.89 Å². The molecule has 1 aromatic heterocycles. The van der Waals surface area contributed by atoms with E-state index in [1.807, 2.05) is 32.0 Å². The smallest absolute Gasteiger partial charge is 0.319 e. The van der Waals surface area contributed by atoms with Crippen molar-refractivity contribution in [1.29, 1.82) is 0 Å². The van der Waals surface area contributed by atoms with Crippen molar-refractivity contribution in [2.45, 2.75) is 19.9 Å². The minimum absolute atomic E-state index is 0.167. The summed E-state index contributed by atoms with van der Waals surface area (Å²) in [5.41, 5.74) is 3.03. The van der Waals surface area contributed by atoms with Crippen molar-refractivity contribution in [3.8, 4) is 17.2 Å². The molecule has 0 saturated heterocycles. The van der Waals surface area contributed by atoms with Crippen LogP contribution in [0.5, 0.6) is 5.75 Å². The van der Waals surface area contributed by atoms with Crippen LogP contribution in [0, 0.1) is 6.92 Å². The Morgan fingerprint density at radius 3 is 2.72 bits per heavy atom. The Balaban J connectivity index is 1.67. The van der Waals surface area contributed by atoms with Gasteiger partial charge in [-0.3, -0.25) is 0 Å². The standard InChI is InChI=1S/C19H19N3O3/c1-12-11-25-18(20-12)15-6-3-7-16(9-15)22-19(24)21-13(2)14-5-4-8-17(23)10-14/h3-11,13,23H,1-2H3,(H2,21,22,24)/t13-/m0/s1. The van der Waals surface area contributed by atoms with E-state index in [1.54, 1.807) is 36.6 Å². The second-order valence-corrected chi connectivity index (χ2v) is 5.79. The van der Waals surface area contributed by atoms with Gasteiger partial charge >= 0.3 is 6.03 Å². The molecule has 3 aromatic rings. The molecule has 0 aliphatic carbocycles. The SMILES string of the molecule is Cc1coc(-c2cccc(NC(=O)N[C@@H](C)c3cccc(O)c3)c2)n1. The number of aromatic nitrogens is 1. The number of carbonyl (C=O) groups excluding carboxylic acids is 1. The highest BCUT2D eigenvalue weighted by Gasteiger charge is 2.11. The van der Waals surface area contributed by atoms with E-state index in [2.05, 4.69) is 15.6 Å². The molecule has 0 fully saturated rings. The molecule has 0 bridgehead atoms. The van der Waals surface area contributed by atoms with E-state index in [9.17, 15) is 9.90 Å². The molecule has 1 atom stereocenters. The van der Waals surface area contributed by atoms with Crippen LogP contribution in [-0.4, -0.2) is 16.1 Å². The maximum Gasteiger partial charge on any atom is 0.319 e. The van der Waals surface area contributed by atoms with Crippen LogP contribution in [0.3, 0.4) is 0 Å². The average molecular weight is 337 g/mol. The Morgan fingerprint density at radius 1 is 1.20 bits per heavy atom. The van der Waals surface area contributed by atoms with Crippen LogP contribution in [0.2, 0.25) is 0 Å². The van der Waals surface area contributed by atoms with Gasteiger partial charge in [0.1, 0.15) is 12.0 Å². The topological polar surface area (TPSA) is 87.4 Å². The van der Waals surface area contributed by atoms with Crippen LogP contribution in [0.4, 0.5) is 10.5 Å². The van der Waals surface area contributed by atoms with Gasteiger partial charge in [-0.25, -0.2) is 9.78 Å². The lowest BCUT2D eigenvalue weighted by Crippen LogP contribution is -2.31. The molecule has 0 aliphatic heterocycles. The molecule has 25 heavy (non-hydrogen) atoms. The summed E-state index contributed by atoms with van der Waals surface area (Å²) in [5, 5.41) is 15.2. The fourth-order valence-electron chi connectivity index (χ4n) is 2.46. The van der Waals surface area contributed by atoms with E-state index in [-0.39, 0.29) is 17.8 Å². The number of carbonyl (C=O) groups is 1. The van der Waals surface area contributed by atoms with Gasteiger partial charge in [0, 0.05) is 11.3 Å². The minimum atomic E-state index is -0.337. The molecule has 6 nitrogen and oxygen atoms in total. The number of anilines is 1. The molecule has 0 unspecified atom stereocenters. The second kappa shape index (κ2) is 7.09. The van der Waals surface area contributed by atoms with Gasteiger partial charge in [-0.2, -0.15) is 0 Å². The van der Waals surface area contributed by atoms with Crippen LogP contribution in [0.25, 0.3) is 11.5 Å². The third kappa shape index (κ3) is 4.17. The molecule has 2 aromatic carbocycles. The number of benzene rings is 2. The van der Waals surface area contributed by atoms with E-state index >= 15 is 0 Å². The molecule has 3 N–H and O–H groups in total. The summed E-state index contributed by atoms with van der Waals surface area (Å²) in [6.45, 7) is 3.70. The molecule has 3 rings (SSSR count). The Hall–Kier alpha value is -3.28. The van der Waals surface area contributed by atoms with E-state index in [0.717, 1.165) is 16.8 Å².